The molecule has 3 unspecified atom stereocenters. The zero-order valence-corrected chi connectivity index (χ0v) is 11.5. The van der Waals surface area contributed by atoms with Crippen LogP contribution < -0.4 is 0 Å². The van der Waals surface area contributed by atoms with Crippen LogP contribution in [0.25, 0.3) is 0 Å². The minimum Gasteiger partial charge on any atom is -0.494 e. The van der Waals surface area contributed by atoms with Gasteiger partial charge in [-0.2, -0.15) is 0 Å². The second-order valence-corrected chi connectivity index (χ2v) is 5.28. The van der Waals surface area contributed by atoms with E-state index in [-0.39, 0.29) is 5.78 Å². The Morgan fingerprint density at radius 1 is 1.32 bits per heavy atom. The summed E-state index contributed by atoms with van der Waals surface area (Å²) in [6.45, 7) is 5.93. The Morgan fingerprint density at radius 2 is 2.05 bits per heavy atom. The van der Waals surface area contributed by atoms with Gasteiger partial charge in [0.2, 0.25) is 11.4 Å². The van der Waals surface area contributed by atoms with Gasteiger partial charge in [0.05, 0.1) is 6.61 Å². The first-order valence-electron chi connectivity index (χ1n) is 6.40. The van der Waals surface area contributed by atoms with Crippen LogP contribution in [0.1, 0.15) is 20.8 Å². The summed E-state index contributed by atoms with van der Waals surface area (Å²) in [5.74, 6) is -0.432. The van der Waals surface area contributed by atoms with Gasteiger partial charge in [-0.1, -0.05) is 0 Å². The largest absolute Gasteiger partial charge is 0.494 e. The van der Waals surface area contributed by atoms with Crippen molar-refractivity contribution in [2.24, 2.45) is 0 Å². The van der Waals surface area contributed by atoms with Crippen LogP contribution in [-0.2, 0) is 28.5 Å². The molecule has 6 nitrogen and oxygen atoms in total. The molecule has 3 aliphatic rings. The topological polar surface area (TPSA) is 63.2 Å². The quantitative estimate of drug-likeness (QED) is 0.754. The van der Waals surface area contributed by atoms with E-state index in [1.54, 1.807) is 13.8 Å². The number of carbonyl (C=O) groups is 1. The maximum Gasteiger partial charge on any atom is 0.219 e. The first-order chi connectivity index (χ1) is 8.94. The zero-order chi connectivity index (χ0) is 13.8. The van der Waals surface area contributed by atoms with E-state index in [0.29, 0.717) is 12.4 Å². The minimum absolute atomic E-state index is 0.160. The summed E-state index contributed by atoms with van der Waals surface area (Å²) in [6.07, 6.45) is -0.174. The number of carbonyl (C=O) groups excluding carboxylic acids is 1. The SMILES string of the molecule is CCOC1=CC(=O)[C@]12OC(OC)C1OC(C)(C)OC12. The molecule has 3 rings (SSSR count). The van der Waals surface area contributed by atoms with Crippen molar-refractivity contribution in [2.45, 2.75) is 50.7 Å². The Balaban J connectivity index is 1.95. The van der Waals surface area contributed by atoms with Crippen LogP contribution in [0.15, 0.2) is 11.8 Å². The molecule has 1 spiro atoms. The highest BCUT2D eigenvalue weighted by Crippen LogP contribution is 2.51. The van der Waals surface area contributed by atoms with E-state index in [4.69, 9.17) is 23.7 Å². The van der Waals surface area contributed by atoms with E-state index in [0.717, 1.165) is 0 Å². The summed E-state index contributed by atoms with van der Waals surface area (Å²) in [5, 5.41) is 0. The van der Waals surface area contributed by atoms with Gasteiger partial charge < -0.3 is 23.7 Å². The fourth-order valence-electron chi connectivity index (χ4n) is 2.88. The molecule has 0 saturated carbocycles. The molecular formula is C13H18O6. The summed E-state index contributed by atoms with van der Waals surface area (Å²) < 4.78 is 28.1. The number of fused-ring (bicyclic) bond motifs is 2. The Bertz CT molecular complexity index is 442. The van der Waals surface area contributed by atoms with Crippen molar-refractivity contribution >= 4 is 5.78 Å². The van der Waals surface area contributed by atoms with Crippen molar-refractivity contribution in [2.75, 3.05) is 13.7 Å². The van der Waals surface area contributed by atoms with Crippen molar-refractivity contribution in [3.8, 4) is 0 Å². The highest BCUT2D eigenvalue weighted by Gasteiger charge is 2.71. The number of methoxy groups -OCH3 is 1. The summed E-state index contributed by atoms with van der Waals surface area (Å²) in [5.41, 5.74) is -1.20. The first-order valence-corrected chi connectivity index (χ1v) is 6.40. The monoisotopic (exact) mass is 270 g/mol. The van der Waals surface area contributed by atoms with Gasteiger partial charge in [0.25, 0.3) is 0 Å². The van der Waals surface area contributed by atoms with E-state index in [9.17, 15) is 4.79 Å². The van der Waals surface area contributed by atoms with Crippen LogP contribution in [-0.4, -0.2) is 49.4 Å². The molecule has 2 fully saturated rings. The van der Waals surface area contributed by atoms with Crippen molar-refractivity contribution < 1.29 is 28.5 Å². The van der Waals surface area contributed by atoms with Crippen LogP contribution in [0.4, 0.5) is 0 Å². The van der Waals surface area contributed by atoms with Crippen molar-refractivity contribution in [1.82, 2.24) is 0 Å². The predicted molar refractivity (Wildman–Crippen MR) is 63.2 cm³/mol. The number of ether oxygens (including phenoxy) is 5. The third-order valence-corrected chi connectivity index (χ3v) is 3.63. The molecule has 2 aliphatic heterocycles. The molecule has 0 aromatic heterocycles. The first kappa shape index (κ1) is 13.1. The van der Waals surface area contributed by atoms with Crippen LogP contribution in [0, 0.1) is 0 Å². The van der Waals surface area contributed by atoms with Crippen LogP contribution in [0.3, 0.4) is 0 Å². The molecule has 1 aliphatic carbocycles. The average Bonchev–Trinajstić information content (AvgIpc) is 2.81. The van der Waals surface area contributed by atoms with E-state index in [1.165, 1.54) is 13.2 Å². The highest BCUT2D eigenvalue weighted by molar-refractivity contribution is 6.08. The molecule has 106 valence electrons. The van der Waals surface area contributed by atoms with Gasteiger partial charge >= 0.3 is 0 Å². The summed E-state index contributed by atoms with van der Waals surface area (Å²) in [6, 6.07) is 0. The van der Waals surface area contributed by atoms with Gasteiger partial charge in [0, 0.05) is 13.2 Å². The molecule has 0 amide bonds. The molecule has 0 bridgehead atoms. The van der Waals surface area contributed by atoms with Gasteiger partial charge in [-0.3, -0.25) is 4.79 Å². The average molecular weight is 270 g/mol. The number of hydrogen-bond donors (Lipinski definition) is 0. The third kappa shape index (κ3) is 1.61. The maximum atomic E-state index is 12.1. The van der Waals surface area contributed by atoms with Gasteiger partial charge in [-0.05, 0) is 20.8 Å². The van der Waals surface area contributed by atoms with Crippen LogP contribution >= 0.6 is 0 Å². The lowest BCUT2D eigenvalue weighted by Gasteiger charge is -2.38. The number of ketones is 1. The smallest absolute Gasteiger partial charge is 0.219 e. The fourth-order valence-corrected chi connectivity index (χ4v) is 2.88. The molecule has 0 aromatic rings. The summed E-state index contributed by atoms with van der Waals surface area (Å²) >= 11 is 0. The van der Waals surface area contributed by atoms with Gasteiger partial charge in [-0.15, -0.1) is 0 Å². The Kier molecular flexibility index (Phi) is 2.76. The molecule has 0 aromatic carbocycles. The molecule has 2 heterocycles. The lowest BCUT2D eigenvalue weighted by molar-refractivity contribution is -0.246. The maximum absolute atomic E-state index is 12.1. The van der Waals surface area contributed by atoms with E-state index >= 15 is 0 Å². The lowest BCUT2D eigenvalue weighted by atomic mass is 9.80. The van der Waals surface area contributed by atoms with Gasteiger partial charge in [0.1, 0.15) is 18.0 Å². The van der Waals surface area contributed by atoms with Crippen LogP contribution in [0.5, 0.6) is 0 Å². The third-order valence-electron chi connectivity index (χ3n) is 3.63. The van der Waals surface area contributed by atoms with Crippen molar-refractivity contribution in [1.29, 1.82) is 0 Å². The molecule has 6 heteroatoms. The van der Waals surface area contributed by atoms with Crippen LogP contribution in [0.2, 0.25) is 0 Å². The molecule has 19 heavy (non-hydrogen) atoms. The molecular weight excluding hydrogens is 252 g/mol. The lowest BCUT2D eigenvalue weighted by Crippen LogP contribution is -2.57. The van der Waals surface area contributed by atoms with Crippen molar-refractivity contribution in [3.05, 3.63) is 11.8 Å². The Labute approximate surface area is 111 Å². The highest BCUT2D eigenvalue weighted by atomic mass is 16.8. The summed E-state index contributed by atoms with van der Waals surface area (Å²) in [4.78, 5) is 12.1. The van der Waals surface area contributed by atoms with E-state index in [2.05, 4.69) is 0 Å². The van der Waals surface area contributed by atoms with Crippen molar-refractivity contribution in [3.63, 3.8) is 0 Å². The van der Waals surface area contributed by atoms with E-state index < -0.39 is 29.9 Å². The number of rotatable bonds is 3. The molecule has 4 atom stereocenters. The van der Waals surface area contributed by atoms with Gasteiger partial charge in [0.15, 0.2) is 12.1 Å². The molecule has 2 saturated heterocycles. The predicted octanol–water partition coefficient (Wildman–Crippen LogP) is 0.751. The second-order valence-electron chi connectivity index (χ2n) is 5.28. The minimum atomic E-state index is -1.20. The molecule has 0 N–H and O–H groups in total. The second kappa shape index (κ2) is 4.02. The molecule has 0 radical (unpaired) electrons. The fraction of sp³-hybridized carbons (Fsp3) is 0.769. The standard InChI is InChI=1S/C13H18O6/c1-5-16-8-6-7(14)13(8)10-9(11(15-4)19-13)17-12(2,3)18-10/h6,9-11H,5H2,1-4H3/t9?,10?,11?,13-/m0/s1. The van der Waals surface area contributed by atoms with E-state index in [1.807, 2.05) is 6.92 Å². The normalized spacial score (nSPS) is 43.1. The van der Waals surface area contributed by atoms with Gasteiger partial charge in [-0.25, -0.2) is 0 Å². The number of hydrogen-bond acceptors (Lipinski definition) is 6. The summed E-state index contributed by atoms with van der Waals surface area (Å²) in [7, 11) is 1.52. The zero-order valence-electron chi connectivity index (χ0n) is 11.5. The Hall–Kier alpha value is -0.950. The Morgan fingerprint density at radius 3 is 2.63 bits per heavy atom.